The van der Waals surface area contributed by atoms with Gasteiger partial charge in [0.2, 0.25) is 0 Å². The number of rotatable bonds is 0. The average molecular weight is 281 g/mol. The third-order valence-corrected chi connectivity index (χ3v) is 4.88. The summed E-state index contributed by atoms with van der Waals surface area (Å²) in [6.45, 7) is 1.66. The van der Waals surface area contributed by atoms with E-state index >= 15 is 0 Å². The van der Waals surface area contributed by atoms with Crippen molar-refractivity contribution in [2.24, 2.45) is 0 Å². The van der Waals surface area contributed by atoms with Crippen molar-refractivity contribution in [2.45, 2.75) is 25.3 Å². The monoisotopic (exact) mass is 281 g/mol. The van der Waals surface area contributed by atoms with Crippen LogP contribution in [0.3, 0.4) is 0 Å². The van der Waals surface area contributed by atoms with Crippen LogP contribution in [0, 0.1) is 0 Å². The van der Waals surface area contributed by atoms with E-state index in [9.17, 15) is 10.2 Å². The zero-order valence-electron chi connectivity index (χ0n) is 12.1. The van der Waals surface area contributed by atoms with Crippen molar-refractivity contribution < 1.29 is 10.2 Å². The first-order valence-electron chi connectivity index (χ1n) is 7.48. The van der Waals surface area contributed by atoms with Crippen molar-refractivity contribution in [3.63, 3.8) is 0 Å². The molecule has 0 aromatic heterocycles. The van der Waals surface area contributed by atoms with Gasteiger partial charge in [0.1, 0.15) is 0 Å². The van der Waals surface area contributed by atoms with Gasteiger partial charge in [0.05, 0.1) is 0 Å². The van der Waals surface area contributed by atoms with Crippen LogP contribution in [-0.4, -0.2) is 28.7 Å². The summed E-state index contributed by atoms with van der Waals surface area (Å²) in [5, 5.41) is 20.3. The number of hydrogen-bond donors (Lipinski definition) is 2. The lowest BCUT2D eigenvalue weighted by Crippen LogP contribution is -2.31. The molecule has 4 rings (SSSR count). The minimum Gasteiger partial charge on any atom is -0.504 e. The molecule has 2 aromatic carbocycles. The average Bonchev–Trinajstić information content (AvgIpc) is 2.63. The number of likely N-dealkylation sites (N-methyl/N-ethyl adjacent to an activating group) is 1. The number of aromatic hydroxyl groups is 2. The van der Waals surface area contributed by atoms with Gasteiger partial charge in [-0.1, -0.05) is 24.3 Å². The second-order valence-corrected chi connectivity index (χ2v) is 6.24. The molecule has 0 spiro atoms. The predicted octanol–water partition coefficient (Wildman–Crippen LogP) is 2.77. The number of hydrogen-bond acceptors (Lipinski definition) is 3. The molecule has 0 saturated heterocycles. The molecule has 1 aliphatic heterocycles. The van der Waals surface area contributed by atoms with E-state index in [1.165, 1.54) is 22.3 Å². The van der Waals surface area contributed by atoms with E-state index in [1.54, 1.807) is 6.07 Å². The summed E-state index contributed by atoms with van der Waals surface area (Å²) in [5.74, 6) is 0.368. The van der Waals surface area contributed by atoms with Gasteiger partial charge in [0, 0.05) is 24.6 Å². The fraction of sp³-hybridized carbons (Fsp3) is 0.333. The molecular formula is C18H19NO2. The number of aryl methyl sites for hydroxylation is 2. The molecule has 0 fully saturated rings. The highest BCUT2D eigenvalue weighted by Gasteiger charge is 2.33. The van der Waals surface area contributed by atoms with Gasteiger partial charge in [-0.05, 0) is 48.2 Å². The summed E-state index contributed by atoms with van der Waals surface area (Å²) in [7, 11) is 2.07. The van der Waals surface area contributed by atoms with E-state index in [0.717, 1.165) is 24.9 Å². The largest absolute Gasteiger partial charge is 0.504 e. The number of fused-ring (bicyclic) bond motifs is 2. The molecule has 2 aromatic rings. The fourth-order valence-corrected chi connectivity index (χ4v) is 3.95. The van der Waals surface area contributed by atoms with Crippen LogP contribution in [0.15, 0.2) is 30.3 Å². The Morgan fingerprint density at radius 3 is 2.71 bits per heavy atom. The summed E-state index contributed by atoms with van der Waals surface area (Å²) < 4.78 is 0. The molecule has 0 bridgehead atoms. The lowest BCUT2D eigenvalue weighted by atomic mass is 9.81. The van der Waals surface area contributed by atoms with E-state index < -0.39 is 0 Å². The van der Waals surface area contributed by atoms with Crippen molar-refractivity contribution in [3.05, 3.63) is 58.1 Å². The van der Waals surface area contributed by atoms with Crippen LogP contribution in [0.2, 0.25) is 0 Å². The maximum absolute atomic E-state index is 10.3. The van der Waals surface area contributed by atoms with Crippen LogP contribution in [0.5, 0.6) is 11.5 Å². The van der Waals surface area contributed by atoms with Gasteiger partial charge < -0.3 is 15.1 Å². The first-order chi connectivity index (χ1) is 10.1. The van der Waals surface area contributed by atoms with Crippen molar-refractivity contribution in [2.75, 3.05) is 13.6 Å². The summed E-state index contributed by atoms with van der Waals surface area (Å²) >= 11 is 0. The van der Waals surface area contributed by atoms with Gasteiger partial charge in [0.25, 0.3) is 0 Å². The molecule has 2 aliphatic rings. The van der Waals surface area contributed by atoms with Crippen LogP contribution in [0.1, 0.15) is 33.7 Å². The standard InChI is InChI=1S/C18H19NO2/c1-19-9-14-13-5-3-2-4-11(13)6-7-12-8-16(20)18(21)15(10-19)17(12)14/h2-5,8,14,20-21H,6-7,9-10H2,1H3. The molecule has 21 heavy (non-hydrogen) atoms. The van der Waals surface area contributed by atoms with E-state index in [1.807, 2.05) is 0 Å². The third-order valence-electron chi connectivity index (χ3n) is 4.88. The van der Waals surface area contributed by atoms with E-state index in [2.05, 4.69) is 36.2 Å². The molecule has 3 heteroatoms. The van der Waals surface area contributed by atoms with Gasteiger partial charge in [-0.25, -0.2) is 0 Å². The molecule has 1 heterocycles. The predicted molar refractivity (Wildman–Crippen MR) is 81.8 cm³/mol. The Morgan fingerprint density at radius 2 is 1.86 bits per heavy atom. The molecule has 1 atom stereocenters. The Morgan fingerprint density at radius 1 is 1.10 bits per heavy atom. The lowest BCUT2D eigenvalue weighted by Gasteiger charge is -2.34. The summed E-state index contributed by atoms with van der Waals surface area (Å²) in [6, 6.07) is 10.4. The van der Waals surface area contributed by atoms with E-state index in [0.29, 0.717) is 12.5 Å². The van der Waals surface area contributed by atoms with Crippen molar-refractivity contribution in [1.82, 2.24) is 4.90 Å². The maximum atomic E-state index is 10.3. The Bertz CT molecular complexity index is 723. The molecule has 0 amide bonds. The Hall–Kier alpha value is -2.00. The number of nitrogens with zero attached hydrogens (tertiary/aromatic N) is 1. The van der Waals surface area contributed by atoms with Crippen LogP contribution in [-0.2, 0) is 19.4 Å². The Balaban J connectivity index is 2.01. The maximum Gasteiger partial charge on any atom is 0.162 e. The lowest BCUT2D eigenvalue weighted by molar-refractivity contribution is 0.284. The first-order valence-corrected chi connectivity index (χ1v) is 7.48. The van der Waals surface area contributed by atoms with Crippen LogP contribution >= 0.6 is 0 Å². The van der Waals surface area contributed by atoms with Crippen molar-refractivity contribution >= 4 is 0 Å². The molecule has 0 radical (unpaired) electrons. The van der Waals surface area contributed by atoms with Gasteiger partial charge >= 0.3 is 0 Å². The topological polar surface area (TPSA) is 43.7 Å². The molecule has 1 aliphatic carbocycles. The molecule has 2 N–H and O–H groups in total. The Kier molecular flexibility index (Phi) is 2.73. The summed E-state index contributed by atoms with van der Waals surface area (Å²) in [6.07, 6.45) is 1.92. The molecule has 108 valence electrons. The minimum absolute atomic E-state index is 0.0174. The normalized spacial score (nSPS) is 20.5. The van der Waals surface area contributed by atoms with Crippen LogP contribution < -0.4 is 0 Å². The van der Waals surface area contributed by atoms with Crippen LogP contribution in [0.25, 0.3) is 0 Å². The van der Waals surface area contributed by atoms with E-state index in [-0.39, 0.29) is 11.5 Å². The highest BCUT2D eigenvalue weighted by molar-refractivity contribution is 5.59. The number of phenols is 2. The molecule has 0 saturated carbocycles. The smallest absolute Gasteiger partial charge is 0.162 e. The van der Waals surface area contributed by atoms with Crippen molar-refractivity contribution in [1.29, 1.82) is 0 Å². The molecule has 1 unspecified atom stereocenters. The third kappa shape index (κ3) is 1.84. The molecule has 3 nitrogen and oxygen atoms in total. The fourth-order valence-electron chi connectivity index (χ4n) is 3.95. The van der Waals surface area contributed by atoms with Crippen LogP contribution in [0.4, 0.5) is 0 Å². The first kappa shape index (κ1) is 12.7. The highest BCUT2D eigenvalue weighted by Crippen LogP contribution is 2.45. The number of phenolic OH excluding ortho intramolecular Hbond substituents is 2. The number of benzene rings is 2. The molecular weight excluding hydrogens is 262 g/mol. The van der Waals surface area contributed by atoms with Gasteiger partial charge in [0.15, 0.2) is 11.5 Å². The highest BCUT2D eigenvalue weighted by atomic mass is 16.3. The summed E-state index contributed by atoms with van der Waals surface area (Å²) in [5.41, 5.74) is 6.09. The Labute approximate surface area is 124 Å². The zero-order valence-corrected chi connectivity index (χ0v) is 12.1. The zero-order chi connectivity index (χ0) is 14.6. The SMILES string of the molecule is CN1Cc2c(O)c(O)cc3c2C(C1)c1ccccc1CC3. The van der Waals surface area contributed by atoms with Gasteiger partial charge in [-0.2, -0.15) is 0 Å². The second kappa shape index (κ2) is 4.50. The van der Waals surface area contributed by atoms with Crippen molar-refractivity contribution in [3.8, 4) is 11.5 Å². The quantitative estimate of drug-likeness (QED) is 0.730. The van der Waals surface area contributed by atoms with E-state index in [4.69, 9.17) is 0 Å². The van der Waals surface area contributed by atoms with Gasteiger partial charge in [-0.3, -0.25) is 0 Å². The van der Waals surface area contributed by atoms with Gasteiger partial charge in [-0.15, -0.1) is 0 Å². The second-order valence-electron chi connectivity index (χ2n) is 6.24. The summed E-state index contributed by atoms with van der Waals surface area (Å²) in [4.78, 5) is 2.22. The minimum atomic E-state index is 0.0174.